The molecule has 0 spiro atoms. The van der Waals surface area contributed by atoms with Gasteiger partial charge in [0.25, 0.3) is 0 Å². The van der Waals surface area contributed by atoms with Crippen molar-refractivity contribution in [1.29, 1.82) is 0 Å². The molecule has 0 saturated carbocycles. The standard InChI is InChI=1S/5BO3.15Na.8H2O/c5*2-1(3)4;;;;;;;;;;;;;;;;;;;;;;;/h;;;;;;;;;;;;;;;;;;;;8*1H2/q5*-3;15*+1;;;;;;;;. The summed E-state index contributed by atoms with van der Waals surface area (Å²) in [4.78, 5) is 0. The quantitative estimate of drug-likeness (QED) is 0.206. The van der Waals surface area contributed by atoms with Gasteiger partial charge in [-0.1, -0.05) is 0 Å². The third kappa shape index (κ3) is 805. The van der Waals surface area contributed by atoms with E-state index < -0.39 is 36.6 Å². The molecule has 0 aromatic heterocycles. The summed E-state index contributed by atoms with van der Waals surface area (Å²) in [5.74, 6) is 0. The summed E-state index contributed by atoms with van der Waals surface area (Å²) < 4.78 is 0. The van der Waals surface area contributed by atoms with Crippen LogP contribution in [-0.2, 0) is 0 Å². The molecule has 0 atom stereocenters. The topological polar surface area (TPSA) is 598 Å². The average Bonchev–Trinajstić information content (AvgIpc) is 1.94. The van der Waals surface area contributed by atoms with Crippen molar-refractivity contribution in [1.82, 2.24) is 0 Å². The van der Waals surface area contributed by atoms with Gasteiger partial charge in [0.2, 0.25) is 0 Å². The third-order valence-electron chi connectivity index (χ3n) is 0. The normalized spacial score (nSPS) is 3.14. The zero-order chi connectivity index (χ0) is 17.9. The second kappa shape index (κ2) is 200. The first-order valence-electron chi connectivity index (χ1n) is 3.54. The summed E-state index contributed by atoms with van der Waals surface area (Å²) in [7, 11) is -14.6. The van der Waals surface area contributed by atoms with Crippen LogP contribution in [0.4, 0.5) is 0 Å². The van der Waals surface area contributed by atoms with Gasteiger partial charge in [-0.3, -0.25) is 36.6 Å². The van der Waals surface area contributed by atoms with Crippen molar-refractivity contribution in [2.75, 3.05) is 0 Å². The van der Waals surface area contributed by atoms with Crippen LogP contribution in [0.2, 0.25) is 0 Å². The Kier molecular flexibility index (Phi) is 984. The molecule has 0 aliphatic carbocycles. The maximum atomic E-state index is 8.42. The third-order valence-corrected chi connectivity index (χ3v) is 0. The van der Waals surface area contributed by atoms with Gasteiger partial charge in [-0.05, 0) is 0 Å². The number of rotatable bonds is 0. The molecule has 23 nitrogen and oxygen atoms in total. The van der Waals surface area contributed by atoms with Gasteiger partial charge in [-0.25, -0.2) is 0 Å². The van der Waals surface area contributed by atoms with Gasteiger partial charge >= 0.3 is 443 Å². The van der Waals surface area contributed by atoms with E-state index in [1.165, 1.54) is 0 Å². The molecule has 0 heterocycles. The van der Waals surface area contributed by atoms with Crippen LogP contribution in [0, 0.1) is 0 Å². The van der Waals surface area contributed by atoms with Crippen LogP contribution in [0.3, 0.4) is 0 Å². The first-order chi connectivity index (χ1) is 8.66. The predicted octanol–water partition coefficient (Wildman–Crippen LogP) is -71.3. The van der Waals surface area contributed by atoms with Gasteiger partial charge in [0.05, 0.1) is 0 Å². The summed E-state index contributed by atoms with van der Waals surface area (Å²) in [5.41, 5.74) is 0. The second-order valence-corrected chi connectivity index (χ2v) is 1.44. The van der Waals surface area contributed by atoms with Crippen molar-refractivity contribution in [3.05, 3.63) is 0 Å². The fourth-order valence-corrected chi connectivity index (χ4v) is 0. The summed E-state index contributed by atoms with van der Waals surface area (Å²) in [6, 6.07) is 0. The predicted molar refractivity (Wildman–Crippen MR) is 57.7 cm³/mol. The second-order valence-electron chi connectivity index (χ2n) is 1.44. The minimum absolute atomic E-state index is 0. The van der Waals surface area contributed by atoms with Crippen LogP contribution in [0.15, 0.2) is 0 Å². The number of hydrogen-bond donors (Lipinski definition) is 0. The van der Waals surface area contributed by atoms with E-state index >= 15 is 0 Å². The zero-order valence-electron chi connectivity index (χ0n) is 28.0. The van der Waals surface area contributed by atoms with Gasteiger partial charge in [-0.2, -0.15) is 0 Å². The van der Waals surface area contributed by atoms with Gasteiger partial charge in [0.1, 0.15) is 0 Å². The molecular formula is H16B5Na15O23. The van der Waals surface area contributed by atoms with Crippen molar-refractivity contribution in [2.24, 2.45) is 0 Å². The fraction of sp³-hybridized carbons (Fsp3) is 0. The van der Waals surface area contributed by atoms with Crippen molar-refractivity contribution in [3.63, 3.8) is 0 Å². The van der Waals surface area contributed by atoms with Crippen LogP contribution in [0.25, 0.3) is 0 Å². The van der Waals surface area contributed by atoms with E-state index in [1.807, 2.05) is 0 Å². The molecule has 43 heteroatoms. The maximum absolute atomic E-state index is 8.42. The SMILES string of the molecule is O.O.O.O.O.O.O.O.[Na+].[Na+].[Na+].[Na+].[Na+].[Na+].[Na+].[Na+].[Na+].[Na+].[Na+].[Na+].[Na+].[Na+].[Na+].[O-]B([O-])[O-].[O-]B([O-])[O-].[O-]B([O-])[O-].[O-]B([O-])[O-].[O-]B([O-])[O-]. The average molecular weight is 783 g/mol. The molecule has 0 aliphatic heterocycles. The summed E-state index contributed by atoms with van der Waals surface area (Å²) >= 11 is 0. The van der Waals surface area contributed by atoms with Gasteiger partial charge in [-0.15, -0.1) is 0 Å². The van der Waals surface area contributed by atoms with Crippen LogP contribution < -0.4 is 519 Å². The zero-order valence-corrected chi connectivity index (χ0v) is 58.0. The first-order valence-corrected chi connectivity index (χ1v) is 3.54. The van der Waals surface area contributed by atoms with Crippen molar-refractivity contribution in [3.8, 4) is 0 Å². The largest absolute Gasteiger partial charge is 1.00 e. The van der Waals surface area contributed by atoms with Crippen LogP contribution in [0.1, 0.15) is 0 Å². The molecule has 16 N–H and O–H groups in total. The molecule has 0 bridgehead atoms. The molecule has 0 aromatic carbocycles. The Hall–Kier alpha value is 14.4. The van der Waals surface area contributed by atoms with Gasteiger partial charge < -0.3 is 119 Å². The Morgan fingerprint density at radius 2 is 0.140 bits per heavy atom. The molecular weight excluding hydrogens is 767 g/mol. The van der Waals surface area contributed by atoms with E-state index in [9.17, 15) is 0 Å². The Bertz CT molecular complexity index is 118. The summed E-state index contributed by atoms with van der Waals surface area (Å²) in [6.45, 7) is 0. The summed E-state index contributed by atoms with van der Waals surface area (Å²) in [5, 5.41) is 126. The maximum Gasteiger partial charge on any atom is 1.00 e. The monoisotopic (exact) mass is 784 g/mol. The molecule has 0 amide bonds. The van der Waals surface area contributed by atoms with Crippen molar-refractivity contribution in [2.45, 2.75) is 0 Å². The summed E-state index contributed by atoms with van der Waals surface area (Å²) in [6.07, 6.45) is 0. The number of hydrogen-bond acceptors (Lipinski definition) is 15. The Balaban J connectivity index is -0.00000000222. The van der Waals surface area contributed by atoms with Gasteiger partial charge in [0.15, 0.2) is 0 Å². The van der Waals surface area contributed by atoms with Crippen LogP contribution in [0.5, 0.6) is 0 Å². The molecule has 0 saturated heterocycles. The van der Waals surface area contributed by atoms with Crippen molar-refractivity contribution >= 4 is 36.6 Å². The molecule has 0 aromatic rings. The Labute approximate surface area is 583 Å². The molecule has 184 valence electrons. The van der Waals surface area contributed by atoms with E-state index in [1.54, 1.807) is 0 Å². The smallest absolute Gasteiger partial charge is 0.907 e. The van der Waals surface area contributed by atoms with E-state index in [0.29, 0.717) is 0 Å². The van der Waals surface area contributed by atoms with Crippen molar-refractivity contribution < 1.29 is 563 Å². The molecule has 0 unspecified atom stereocenters. The molecule has 0 fully saturated rings. The van der Waals surface area contributed by atoms with Crippen LogP contribution in [-0.4, -0.2) is 80.4 Å². The van der Waals surface area contributed by atoms with E-state index in [2.05, 4.69) is 0 Å². The van der Waals surface area contributed by atoms with E-state index in [-0.39, 0.29) is 487 Å². The molecule has 0 radical (unpaired) electrons. The first kappa shape index (κ1) is 211. The molecule has 0 rings (SSSR count). The molecule has 43 heavy (non-hydrogen) atoms. The Morgan fingerprint density at radius 1 is 0.140 bits per heavy atom. The molecule has 0 aliphatic rings. The Morgan fingerprint density at radius 3 is 0.140 bits per heavy atom. The van der Waals surface area contributed by atoms with E-state index in [4.69, 9.17) is 75.4 Å². The van der Waals surface area contributed by atoms with E-state index in [0.717, 1.165) is 0 Å². The van der Waals surface area contributed by atoms with Crippen LogP contribution >= 0.6 is 0 Å². The van der Waals surface area contributed by atoms with Gasteiger partial charge in [0, 0.05) is 0 Å². The minimum atomic E-state index is -2.92. The minimum Gasteiger partial charge on any atom is -0.907 e. The fourth-order valence-electron chi connectivity index (χ4n) is 0.